The molecule has 410 valence electrons. The molecule has 0 aliphatic carbocycles. The summed E-state index contributed by atoms with van der Waals surface area (Å²) in [5, 5.41) is 0. The number of esters is 3. The summed E-state index contributed by atoms with van der Waals surface area (Å²) >= 11 is 0. The highest BCUT2D eigenvalue weighted by atomic mass is 16.6. The SMILES string of the molecule is CC(C)CCCCCCCCCCCCCCCCCCCCC(=O)OC[C@@H](COC(=O)CCCCCCCCC(C)C)OC(=O)CCCCCCCCCCCCCCCCCCCCC(C)C. The Labute approximate surface area is 431 Å². The normalized spacial score (nSPS) is 12.1. The lowest BCUT2D eigenvalue weighted by Crippen LogP contribution is -2.30. The second-order valence-corrected chi connectivity index (χ2v) is 23.1. The maximum absolute atomic E-state index is 12.9. The molecule has 0 saturated carbocycles. The smallest absolute Gasteiger partial charge is 0.306 e. The van der Waals surface area contributed by atoms with E-state index < -0.39 is 6.10 Å². The van der Waals surface area contributed by atoms with Gasteiger partial charge in [-0.05, 0) is 37.0 Å². The predicted octanol–water partition coefficient (Wildman–Crippen LogP) is 20.7. The van der Waals surface area contributed by atoms with E-state index in [1.165, 1.54) is 231 Å². The maximum atomic E-state index is 12.9. The highest BCUT2D eigenvalue weighted by Gasteiger charge is 2.19. The lowest BCUT2D eigenvalue weighted by Gasteiger charge is -2.18. The minimum atomic E-state index is -0.764. The Morgan fingerprint density at radius 1 is 0.246 bits per heavy atom. The van der Waals surface area contributed by atoms with Crippen LogP contribution in [0.2, 0.25) is 0 Å². The molecule has 0 amide bonds. The zero-order valence-electron chi connectivity index (χ0n) is 47.6. The molecule has 0 fully saturated rings. The largest absolute Gasteiger partial charge is 0.462 e. The van der Waals surface area contributed by atoms with Crippen LogP contribution in [0.1, 0.15) is 350 Å². The molecule has 0 aromatic rings. The molecule has 69 heavy (non-hydrogen) atoms. The number of hydrogen-bond donors (Lipinski definition) is 0. The van der Waals surface area contributed by atoms with Crippen molar-refractivity contribution in [3.05, 3.63) is 0 Å². The van der Waals surface area contributed by atoms with E-state index >= 15 is 0 Å². The van der Waals surface area contributed by atoms with Crippen molar-refractivity contribution < 1.29 is 28.6 Å². The summed E-state index contributed by atoms with van der Waals surface area (Å²) in [4.78, 5) is 38.1. The molecule has 0 radical (unpaired) electrons. The summed E-state index contributed by atoms with van der Waals surface area (Å²) < 4.78 is 16.9. The lowest BCUT2D eigenvalue weighted by molar-refractivity contribution is -0.167. The monoisotopic (exact) mass is 975 g/mol. The fourth-order valence-electron chi connectivity index (χ4n) is 9.71. The lowest BCUT2D eigenvalue weighted by atomic mass is 10.0. The van der Waals surface area contributed by atoms with Gasteiger partial charge in [-0.15, -0.1) is 0 Å². The molecule has 0 aliphatic heterocycles. The van der Waals surface area contributed by atoms with Gasteiger partial charge in [0.25, 0.3) is 0 Å². The third kappa shape index (κ3) is 57.2. The van der Waals surface area contributed by atoms with Crippen molar-refractivity contribution >= 4 is 17.9 Å². The van der Waals surface area contributed by atoms with Crippen LogP contribution in [0.15, 0.2) is 0 Å². The zero-order chi connectivity index (χ0) is 50.5. The summed E-state index contributed by atoms with van der Waals surface area (Å²) in [5.74, 6) is 1.64. The number of unbranched alkanes of at least 4 members (excludes halogenated alkanes) is 39. The summed E-state index contributed by atoms with van der Waals surface area (Å²) in [7, 11) is 0. The van der Waals surface area contributed by atoms with E-state index in [1.54, 1.807) is 0 Å². The molecule has 0 bridgehead atoms. The summed E-state index contributed by atoms with van der Waals surface area (Å²) in [6, 6.07) is 0. The number of rotatable bonds is 56. The first-order valence-corrected chi connectivity index (χ1v) is 31.1. The number of hydrogen-bond acceptors (Lipinski definition) is 6. The molecule has 1 atom stereocenters. The van der Waals surface area contributed by atoms with Crippen LogP contribution in [-0.2, 0) is 28.6 Å². The molecule has 6 nitrogen and oxygen atoms in total. The molecule has 0 rings (SSSR count). The van der Waals surface area contributed by atoms with Crippen molar-refractivity contribution in [2.24, 2.45) is 17.8 Å². The van der Waals surface area contributed by atoms with E-state index in [2.05, 4.69) is 41.5 Å². The summed E-state index contributed by atoms with van der Waals surface area (Å²) in [6.07, 6.45) is 58.4. The van der Waals surface area contributed by atoms with Crippen LogP contribution in [-0.4, -0.2) is 37.2 Å². The molecule has 0 aromatic heterocycles. The average molecular weight is 976 g/mol. The van der Waals surface area contributed by atoms with Crippen molar-refractivity contribution in [2.45, 2.75) is 356 Å². The Balaban J connectivity index is 4.16. The van der Waals surface area contributed by atoms with Crippen LogP contribution < -0.4 is 0 Å². The third-order valence-electron chi connectivity index (χ3n) is 14.4. The van der Waals surface area contributed by atoms with Crippen LogP contribution in [0.3, 0.4) is 0 Å². The highest BCUT2D eigenvalue weighted by Crippen LogP contribution is 2.19. The quantitative estimate of drug-likeness (QED) is 0.0343. The van der Waals surface area contributed by atoms with E-state index in [1.807, 2.05) is 0 Å². The van der Waals surface area contributed by atoms with Gasteiger partial charge in [-0.3, -0.25) is 14.4 Å². The van der Waals surface area contributed by atoms with Gasteiger partial charge < -0.3 is 14.2 Å². The fraction of sp³-hybridized carbons (Fsp3) is 0.952. The van der Waals surface area contributed by atoms with Crippen LogP contribution in [0.5, 0.6) is 0 Å². The van der Waals surface area contributed by atoms with E-state index in [-0.39, 0.29) is 31.1 Å². The van der Waals surface area contributed by atoms with Crippen molar-refractivity contribution in [3.8, 4) is 0 Å². The van der Waals surface area contributed by atoms with E-state index in [0.717, 1.165) is 75.5 Å². The summed E-state index contributed by atoms with van der Waals surface area (Å²) in [5.41, 5.74) is 0. The van der Waals surface area contributed by atoms with Crippen LogP contribution in [0.25, 0.3) is 0 Å². The number of carbonyl (C=O) groups is 3. The Morgan fingerprint density at radius 2 is 0.420 bits per heavy atom. The predicted molar refractivity (Wildman–Crippen MR) is 298 cm³/mol. The van der Waals surface area contributed by atoms with Crippen molar-refractivity contribution in [1.29, 1.82) is 0 Å². The van der Waals surface area contributed by atoms with Gasteiger partial charge in [0.1, 0.15) is 13.2 Å². The molecule has 0 aliphatic rings. The second kappa shape index (κ2) is 54.2. The molecule has 0 unspecified atom stereocenters. The average Bonchev–Trinajstić information content (AvgIpc) is 3.31. The van der Waals surface area contributed by atoms with Crippen molar-refractivity contribution in [3.63, 3.8) is 0 Å². The third-order valence-corrected chi connectivity index (χ3v) is 14.4. The highest BCUT2D eigenvalue weighted by molar-refractivity contribution is 5.71. The Hall–Kier alpha value is -1.59. The summed E-state index contributed by atoms with van der Waals surface area (Å²) in [6.45, 7) is 13.7. The molecule has 0 aromatic carbocycles. The topological polar surface area (TPSA) is 78.9 Å². The molecule has 0 heterocycles. The van der Waals surface area contributed by atoms with E-state index in [9.17, 15) is 14.4 Å². The Bertz CT molecular complexity index is 1070. The van der Waals surface area contributed by atoms with Crippen molar-refractivity contribution in [1.82, 2.24) is 0 Å². The second-order valence-electron chi connectivity index (χ2n) is 23.1. The van der Waals surface area contributed by atoms with E-state index in [4.69, 9.17) is 14.2 Å². The van der Waals surface area contributed by atoms with Crippen LogP contribution >= 0.6 is 0 Å². The zero-order valence-corrected chi connectivity index (χ0v) is 47.6. The molecular formula is C63H122O6. The maximum Gasteiger partial charge on any atom is 0.306 e. The van der Waals surface area contributed by atoms with Crippen molar-refractivity contribution in [2.75, 3.05) is 13.2 Å². The van der Waals surface area contributed by atoms with Gasteiger partial charge in [0.2, 0.25) is 0 Å². The van der Waals surface area contributed by atoms with Gasteiger partial charge in [-0.25, -0.2) is 0 Å². The minimum Gasteiger partial charge on any atom is -0.462 e. The standard InChI is InChI=1S/C63H122O6/c1-57(2)49-43-37-31-27-23-19-15-11-7-9-13-17-21-25-29-33-40-46-52-61(64)67-55-60(56-68-62(65)53-47-41-36-35-39-45-51-59(5)6)69-63(66)54-48-42-34-30-26-22-18-14-10-8-12-16-20-24-28-32-38-44-50-58(3)4/h57-60H,7-56H2,1-6H3/t60-/m0/s1. The van der Waals surface area contributed by atoms with Gasteiger partial charge >= 0.3 is 17.9 Å². The number of carbonyl (C=O) groups excluding carboxylic acids is 3. The van der Waals surface area contributed by atoms with Gasteiger partial charge in [0.05, 0.1) is 0 Å². The molecule has 0 saturated heterocycles. The first-order valence-electron chi connectivity index (χ1n) is 31.1. The van der Waals surface area contributed by atoms with Gasteiger partial charge in [-0.1, -0.05) is 311 Å². The molecule has 6 heteroatoms. The van der Waals surface area contributed by atoms with Gasteiger partial charge in [-0.2, -0.15) is 0 Å². The van der Waals surface area contributed by atoms with E-state index in [0.29, 0.717) is 19.3 Å². The van der Waals surface area contributed by atoms with Crippen LogP contribution in [0.4, 0.5) is 0 Å². The first kappa shape index (κ1) is 67.4. The van der Waals surface area contributed by atoms with Gasteiger partial charge in [0, 0.05) is 19.3 Å². The molecule has 0 spiro atoms. The molecular weight excluding hydrogens is 853 g/mol. The molecule has 0 N–H and O–H groups in total. The first-order chi connectivity index (χ1) is 33.6. The fourth-order valence-corrected chi connectivity index (χ4v) is 9.71. The Morgan fingerprint density at radius 3 is 0.623 bits per heavy atom. The minimum absolute atomic E-state index is 0.0638. The van der Waals surface area contributed by atoms with Gasteiger partial charge in [0.15, 0.2) is 6.10 Å². The van der Waals surface area contributed by atoms with Crippen LogP contribution in [0, 0.1) is 17.8 Å². The number of ether oxygens (including phenoxy) is 3. The Kier molecular flexibility index (Phi) is 52.9.